The molecule has 0 bridgehead atoms. The van der Waals surface area contributed by atoms with E-state index in [0.717, 1.165) is 29.2 Å². The van der Waals surface area contributed by atoms with Gasteiger partial charge in [0.2, 0.25) is 0 Å². The first-order valence-corrected chi connectivity index (χ1v) is 13.7. The quantitative estimate of drug-likeness (QED) is 0.315. The number of methoxy groups -OCH3 is 3. The second-order valence-corrected chi connectivity index (χ2v) is 11.9. The Labute approximate surface area is 204 Å². The monoisotopic (exact) mass is 510 g/mol. The third-order valence-corrected chi connectivity index (χ3v) is 10.2. The van der Waals surface area contributed by atoms with Gasteiger partial charge in [-0.15, -0.1) is 0 Å². The summed E-state index contributed by atoms with van der Waals surface area (Å²) in [6.45, 7) is 2.17. The molecule has 174 valence electrons. The Bertz CT molecular complexity index is 1020. The number of rotatable bonds is 8. The van der Waals surface area contributed by atoms with Crippen molar-refractivity contribution in [2.45, 2.75) is 48.2 Å². The molecule has 1 heterocycles. The van der Waals surface area contributed by atoms with E-state index in [1.807, 2.05) is 12.1 Å². The van der Waals surface area contributed by atoms with Crippen molar-refractivity contribution in [3.05, 3.63) is 89.0 Å². The predicted molar refractivity (Wildman–Crippen MR) is 136 cm³/mol. The average molecular weight is 510 g/mol. The molecule has 3 nitrogen and oxygen atoms in total. The van der Waals surface area contributed by atoms with Crippen LogP contribution in [0.3, 0.4) is 0 Å². The zero-order valence-corrected chi connectivity index (χ0v) is 21.8. The van der Waals surface area contributed by atoms with Crippen molar-refractivity contribution in [2.24, 2.45) is 0 Å². The fraction of sp³-hybridized carbons (Fsp3) is 0.379. The third kappa shape index (κ3) is 5.08. The average Bonchev–Trinajstić information content (AvgIpc) is 2.88. The van der Waals surface area contributed by atoms with E-state index in [9.17, 15) is 0 Å². The predicted octanol–water partition coefficient (Wildman–Crippen LogP) is 6.74. The van der Waals surface area contributed by atoms with Crippen molar-refractivity contribution in [3.63, 3.8) is 0 Å². The van der Waals surface area contributed by atoms with Crippen LogP contribution in [0.1, 0.15) is 53.9 Å². The summed E-state index contributed by atoms with van der Waals surface area (Å²) in [5, 5.41) is 1.33. The Kier molecular flexibility index (Phi) is 7.67. The van der Waals surface area contributed by atoms with Gasteiger partial charge < -0.3 is 0 Å². The Hall–Kier alpha value is -2.42. The topological polar surface area (TPSA) is 27.7 Å². The van der Waals surface area contributed by atoms with Gasteiger partial charge in [-0.2, -0.15) is 0 Å². The van der Waals surface area contributed by atoms with Gasteiger partial charge in [0, 0.05) is 0 Å². The standard InChI is InChI=1S/C29H34O3Se/c1-21-12-14-23(15-13-21)29(16-8-9-17-33-29)20-25(22-10-6-5-7-11-22)28-26(31-3)18-24(30-2)19-27(28)32-4/h5-7,10-15,18-19,25H,8-9,16-17,20H2,1-4H3. The van der Waals surface area contributed by atoms with E-state index in [4.69, 9.17) is 14.2 Å². The van der Waals surface area contributed by atoms with Crippen LogP contribution in [0.25, 0.3) is 0 Å². The molecule has 33 heavy (non-hydrogen) atoms. The number of aryl methyl sites for hydroxylation is 1. The molecule has 0 aromatic heterocycles. The molecule has 3 aromatic rings. The van der Waals surface area contributed by atoms with Crippen LogP contribution in [-0.2, 0) is 4.31 Å². The molecule has 3 aromatic carbocycles. The molecule has 1 aliphatic heterocycles. The summed E-state index contributed by atoms with van der Waals surface area (Å²) in [4.78, 5) is 0. The summed E-state index contributed by atoms with van der Waals surface area (Å²) in [7, 11) is 5.15. The summed E-state index contributed by atoms with van der Waals surface area (Å²) in [6.07, 6.45) is 4.91. The van der Waals surface area contributed by atoms with Gasteiger partial charge in [-0.05, 0) is 0 Å². The summed E-state index contributed by atoms with van der Waals surface area (Å²) < 4.78 is 17.6. The molecule has 0 radical (unpaired) electrons. The Balaban J connectivity index is 1.88. The first-order chi connectivity index (χ1) is 16.1. The molecule has 1 saturated heterocycles. The maximum atomic E-state index is 5.92. The molecule has 0 N–H and O–H groups in total. The second kappa shape index (κ2) is 10.7. The molecular weight excluding hydrogens is 475 g/mol. The Morgan fingerprint density at radius 3 is 2.06 bits per heavy atom. The van der Waals surface area contributed by atoms with E-state index in [0.29, 0.717) is 15.0 Å². The van der Waals surface area contributed by atoms with Crippen molar-refractivity contribution in [1.82, 2.24) is 0 Å². The van der Waals surface area contributed by atoms with Crippen LogP contribution in [0, 0.1) is 6.92 Å². The van der Waals surface area contributed by atoms with E-state index >= 15 is 0 Å². The third-order valence-electron chi connectivity index (χ3n) is 6.77. The molecular formula is C29H34O3Se. The van der Waals surface area contributed by atoms with E-state index in [1.165, 1.54) is 41.3 Å². The first-order valence-electron chi connectivity index (χ1n) is 11.7. The zero-order chi connectivity index (χ0) is 23.3. The van der Waals surface area contributed by atoms with Gasteiger partial charge >= 0.3 is 205 Å². The van der Waals surface area contributed by atoms with Crippen LogP contribution < -0.4 is 14.2 Å². The minimum atomic E-state index is 0.156. The maximum absolute atomic E-state index is 5.92. The zero-order valence-electron chi connectivity index (χ0n) is 20.1. The fourth-order valence-corrected chi connectivity index (χ4v) is 8.38. The van der Waals surface area contributed by atoms with Gasteiger partial charge in [0.25, 0.3) is 0 Å². The van der Waals surface area contributed by atoms with E-state index in [1.54, 1.807) is 21.3 Å². The molecule has 4 heteroatoms. The number of ether oxygens (including phenoxy) is 3. The van der Waals surface area contributed by atoms with Gasteiger partial charge in [-0.3, -0.25) is 0 Å². The molecule has 0 saturated carbocycles. The minimum absolute atomic E-state index is 0.156. The van der Waals surface area contributed by atoms with Crippen LogP contribution in [0.4, 0.5) is 0 Å². The number of hydrogen-bond donors (Lipinski definition) is 0. The summed E-state index contributed by atoms with van der Waals surface area (Å²) in [5.74, 6) is 2.54. The Morgan fingerprint density at radius 1 is 0.848 bits per heavy atom. The SMILES string of the molecule is COc1cc(OC)c(C(CC2(c3ccc(C)cc3)CCCC[Se]2)c2ccccc2)c(OC)c1. The summed E-state index contributed by atoms with van der Waals surface area (Å²) in [6, 6.07) is 24.1. The fourth-order valence-electron chi connectivity index (χ4n) is 4.99. The summed E-state index contributed by atoms with van der Waals surface area (Å²) in [5.41, 5.74) is 5.21. The van der Waals surface area contributed by atoms with Crippen LogP contribution in [0.15, 0.2) is 66.7 Å². The van der Waals surface area contributed by atoms with Gasteiger partial charge in [-0.25, -0.2) is 0 Å². The van der Waals surface area contributed by atoms with Crippen LogP contribution in [0.2, 0.25) is 5.32 Å². The van der Waals surface area contributed by atoms with Crippen molar-refractivity contribution in [1.29, 1.82) is 0 Å². The van der Waals surface area contributed by atoms with Crippen molar-refractivity contribution in [2.75, 3.05) is 21.3 Å². The Morgan fingerprint density at radius 2 is 1.52 bits per heavy atom. The van der Waals surface area contributed by atoms with E-state index in [-0.39, 0.29) is 10.2 Å². The number of hydrogen-bond acceptors (Lipinski definition) is 3. The first kappa shape index (κ1) is 23.7. The molecule has 2 unspecified atom stereocenters. The molecule has 1 aliphatic rings. The van der Waals surface area contributed by atoms with E-state index < -0.39 is 0 Å². The molecule has 1 fully saturated rings. The summed E-state index contributed by atoms with van der Waals surface area (Å²) >= 11 is 0.528. The van der Waals surface area contributed by atoms with Crippen molar-refractivity contribution >= 4 is 15.0 Å². The van der Waals surface area contributed by atoms with Gasteiger partial charge in [0.05, 0.1) is 0 Å². The van der Waals surface area contributed by atoms with Gasteiger partial charge in [0.1, 0.15) is 0 Å². The molecule has 0 amide bonds. The molecule has 0 spiro atoms. The van der Waals surface area contributed by atoms with Crippen LogP contribution in [-0.4, -0.2) is 36.3 Å². The van der Waals surface area contributed by atoms with Crippen molar-refractivity contribution in [3.8, 4) is 17.2 Å². The van der Waals surface area contributed by atoms with Crippen LogP contribution >= 0.6 is 0 Å². The van der Waals surface area contributed by atoms with E-state index in [2.05, 4.69) is 61.5 Å². The molecule has 4 rings (SSSR count). The molecule has 0 aliphatic carbocycles. The van der Waals surface area contributed by atoms with Crippen LogP contribution in [0.5, 0.6) is 17.2 Å². The van der Waals surface area contributed by atoms with Gasteiger partial charge in [-0.1, -0.05) is 0 Å². The second-order valence-electron chi connectivity index (χ2n) is 8.78. The molecule has 2 atom stereocenters. The number of benzene rings is 3. The van der Waals surface area contributed by atoms with Crippen molar-refractivity contribution < 1.29 is 14.2 Å². The van der Waals surface area contributed by atoms with Gasteiger partial charge in [0.15, 0.2) is 0 Å². The normalized spacial score (nSPS) is 19.0.